The fraction of sp³-hybridized carbons (Fsp3) is 0.105. The van der Waals surface area contributed by atoms with Crippen molar-refractivity contribution in [3.8, 4) is 28.7 Å². The number of nitrogens with one attached hydrogen (secondary N) is 1. The summed E-state index contributed by atoms with van der Waals surface area (Å²) in [6.45, 7) is 1.04. The first-order valence-corrected chi connectivity index (χ1v) is 8.95. The molecule has 0 fully saturated rings. The summed E-state index contributed by atoms with van der Waals surface area (Å²) in [6.07, 6.45) is 4.77. The summed E-state index contributed by atoms with van der Waals surface area (Å²) < 4.78 is 14.2. The summed E-state index contributed by atoms with van der Waals surface area (Å²) in [5, 5.41) is 11.7. The number of nitrogens with zero attached hydrogens (tertiary/aromatic N) is 6. The Bertz CT molecular complexity index is 1440. The lowest BCUT2D eigenvalue weighted by Crippen LogP contribution is -2.19. The van der Waals surface area contributed by atoms with Crippen LogP contribution < -0.4 is 15.0 Å². The molecule has 10 heteroatoms. The second-order valence-corrected chi connectivity index (χ2v) is 6.50. The van der Waals surface area contributed by atoms with Crippen LogP contribution in [0.25, 0.3) is 33.9 Å². The Morgan fingerprint density at radius 2 is 1.97 bits per heavy atom. The number of benzene rings is 1. The minimum absolute atomic E-state index is 0.225. The first-order valence-electron chi connectivity index (χ1n) is 8.95. The molecule has 0 amide bonds. The lowest BCUT2D eigenvalue weighted by Gasteiger charge is -2.18. The van der Waals surface area contributed by atoms with Crippen molar-refractivity contribution in [2.75, 3.05) is 13.2 Å². The van der Waals surface area contributed by atoms with E-state index in [0.29, 0.717) is 53.0 Å². The van der Waals surface area contributed by atoms with Gasteiger partial charge in [0.15, 0.2) is 17.3 Å². The van der Waals surface area contributed by atoms with Gasteiger partial charge in [0.2, 0.25) is 0 Å². The lowest BCUT2D eigenvalue weighted by molar-refractivity contribution is 0.171. The predicted octanol–water partition coefficient (Wildman–Crippen LogP) is 1.59. The minimum atomic E-state index is -0.225. The van der Waals surface area contributed by atoms with Gasteiger partial charge in [-0.15, -0.1) is 5.10 Å². The van der Waals surface area contributed by atoms with Crippen LogP contribution in [0, 0.1) is 0 Å². The number of hydrogen-bond donors (Lipinski definition) is 1. The molecule has 4 aromatic heterocycles. The molecular weight excluding hydrogens is 374 g/mol. The van der Waals surface area contributed by atoms with Crippen LogP contribution in [0.5, 0.6) is 11.5 Å². The Kier molecular flexibility index (Phi) is 3.21. The molecule has 0 saturated carbocycles. The molecule has 1 N–H and O–H groups in total. The summed E-state index contributed by atoms with van der Waals surface area (Å²) >= 11 is 0. The third kappa shape index (κ3) is 2.39. The molecule has 1 aliphatic rings. The van der Waals surface area contributed by atoms with Crippen LogP contribution in [0.15, 0.2) is 53.7 Å². The molecule has 0 atom stereocenters. The summed E-state index contributed by atoms with van der Waals surface area (Å²) in [6, 6.07) is 9.07. The van der Waals surface area contributed by atoms with Crippen LogP contribution >= 0.6 is 0 Å². The van der Waals surface area contributed by atoms with Gasteiger partial charge in [-0.05, 0) is 24.3 Å². The third-order valence-electron chi connectivity index (χ3n) is 4.78. The molecule has 5 aromatic rings. The molecule has 5 heterocycles. The number of fused-ring (bicyclic) bond motifs is 4. The van der Waals surface area contributed by atoms with E-state index in [-0.39, 0.29) is 5.56 Å². The lowest BCUT2D eigenvalue weighted by atomic mass is 10.2. The molecule has 0 spiro atoms. The quantitative estimate of drug-likeness (QED) is 0.489. The molecule has 0 unspecified atom stereocenters. The molecule has 0 aliphatic carbocycles. The number of H-pyrrole nitrogens is 1. The zero-order valence-corrected chi connectivity index (χ0v) is 14.9. The molecule has 29 heavy (non-hydrogen) atoms. The van der Waals surface area contributed by atoms with Crippen molar-refractivity contribution >= 4 is 16.7 Å². The van der Waals surface area contributed by atoms with Crippen LogP contribution in [-0.2, 0) is 0 Å². The van der Waals surface area contributed by atoms with Gasteiger partial charge in [0.05, 0.1) is 17.1 Å². The molecule has 142 valence electrons. The van der Waals surface area contributed by atoms with Crippen molar-refractivity contribution in [1.29, 1.82) is 0 Å². The largest absolute Gasteiger partial charge is 0.486 e. The standard InChI is InChI=1S/C19H13N7O3/c27-18-12-10-20-19-22-17(11-1-2-14-15(9-11)29-8-7-28-14)24-26(19)13(12)4-6-25(18)16-3-5-21-23-16/h1-6,9-10H,7-8H2,(H,21,23). The number of hydrogen-bond acceptors (Lipinski definition) is 7. The van der Waals surface area contributed by atoms with Crippen LogP contribution in [0.3, 0.4) is 0 Å². The molecule has 1 aliphatic heterocycles. The number of rotatable bonds is 2. The molecule has 0 radical (unpaired) electrons. The van der Waals surface area contributed by atoms with Crippen LogP contribution in [0.1, 0.15) is 0 Å². The molecule has 10 nitrogen and oxygen atoms in total. The summed E-state index contributed by atoms with van der Waals surface area (Å²) in [5.74, 6) is 2.83. The summed E-state index contributed by atoms with van der Waals surface area (Å²) in [7, 11) is 0. The van der Waals surface area contributed by atoms with E-state index in [1.54, 1.807) is 29.0 Å². The minimum Gasteiger partial charge on any atom is -0.486 e. The number of ether oxygens (including phenoxy) is 2. The SMILES string of the molecule is O=c1c2cnc3nc(-c4ccc5c(c4)OCCO5)nn3c2ccn1-c1ccn[nH]1. The number of aromatic amines is 1. The topological polar surface area (TPSA) is 112 Å². The monoisotopic (exact) mass is 387 g/mol. The Morgan fingerprint density at radius 3 is 2.83 bits per heavy atom. The van der Waals surface area contributed by atoms with Crippen molar-refractivity contribution in [2.45, 2.75) is 0 Å². The van der Waals surface area contributed by atoms with Gasteiger partial charge >= 0.3 is 0 Å². The van der Waals surface area contributed by atoms with Gasteiger partial charge in [-0.3, -0.25) is 14.5 Å². The molecular formula is C19H13N7O3. The molecule has 0 bridgehead atoms. The summed E-state index contributed by atoms with van der Waals surface area (Å²) in [5.41, 5.74) is 1.17. The third-order valence-corrected chi connectivity index (χ3v) is 4.78. The van der Waals surface area contributed by atoms with Crippen molar-refractivity contribution < 1.29 is 9.47 Å². The van der Waals surface area contributed by atoms with E-state index in [1.807, 2.05) is 18.2 Å². The Morgan fingerprint density at radius 1 is 1.07 bits per heavy atom. The highest BCUT2D eigenvalue weighted by Crippen LogP contribution is 2.33. The van der Waals surface area contributed by atoms with Crippen LogP contribution in [0.2, 0.25) is 0 Å². The summed E-state index contributed by atoms with van der Waals surface area (Å²) in [4.78, 5) is 21.7. The van der Waals surface area contributed by atoms with Gasteiger partial charge in [0, 0.05) is 24.0 Å². The van der Waals surface area contributed by atoms with Crippen LogP contribution in [-0.4, -0.2) is 47.6 Å². The van der Waals surface area contributed by atoms with Crippen molar-refractivity contribution in [1.82, 2.24) is 34.3 Å². The number of pyridine rings is 1. The van der Waals surface area contributed by atoms with Crippen molar-refractivity contribution in [2.24, 2.45) is 0 Å². The second-order valence-electron chi connectivity index (χ2n) is 6.50. The highest BCUT2D eigenvalue weighted by molar-refractivity contribution is 5.79. The molecule has 0 saturated heterocycles. The van der Waals surface area contributed by atoms with Crippen LogP contribution in [0.4, 0.5) is 0 Å². The fourth-order valence-electron chi connectivity index (χ4n) is 3.40. The average Bonchev–Trinajstić information content (AvgIpc) is 3.44. The van der Waals surface area contributed by atoms with Gasteiger partial charge in [-0.1, -0.05) is 0 Å². The van der Waals surface area contributed by atoms with E-state index < -0.39 is 0 Å². The molecule has 6 rings (SSSR count). The highest BCUT2D eigenvalue weighted by atomic mass is 16.6. The van der Waals surface area contributed by atoms with E-state index in [9.17, 15) is 4.79 Å². The Hall–Kier alpha value is -4.21. The Labute approximate surface area is 162 Å². The predicted molar refractivity (Wildman–Crippen MR) is 102 cm³/mol. The van der Waals surface area contributed by atoms with E-state index in [1.165, 1.54) is 10.8 Å². The van der Waals surface area contributed by atoms with Crippen molar-refractivity contribution in [3.63, 3.8) is 0 Å². The van der Waals surface area contributed by atoms with Gasteiger partial charge in [0.1, 0.15) is 19.0 Å². The smallest absolute Gasteiger partial charge is 0.267 e. The average molecular weight is 387 g/mol. The first-order chi connectivity index (χ1) is 14.3. The van der Waals surface area contributed by atoms with E-state index in [2.05, 4.69) is 25.3 Å². The van der Waals surface area contributed by atoms with E-state index in [4.69, 9.17) is 9.47 Å². The van der Waals surface area contributed by atoms with Gasteiger partial charge in [0.25, 0.3) is 11.3 Å². The normalized spacial score (nSPS) is 13.2. The van der Waals surface area contributed by atoms with Gasteiger partial charge in [-0.25, -0.2) is 4.98 Å². The zero-order valence-electron chi connectivity index (χ0n) is 14.9. The molecule has 1 aromatic carbocycles. The fourth-order valence-corrected chi connectivity index (χ4v) is 3.40. The van der Waals surface area contributed by atoms with Gasteiger partial charge in [-0.2, -0.15) is 14.6 Å². The van der Waals surface area contributed by atoms with E-state index in [0.717, 1.165) is 5.56 Å². The zero-order chi connectivity index (χ0) is 19.4. The second kappa shape index (κ2) is 5.89. The van der Waals surface area contributed by atoms with Gasteiger partial charge < -0.3 is 9.47 Å². The number of aromatic nitrogens is 7. The Balaban J connectivity index is 1.52. The van der Waals surface area contributed by atoms with Crippen molar-refractivity contribution in [3.05, 3.63) is 59.3 Å². The van der Waals surface area contributed by atoms with E-state index >= 15 is 0 Å². The maximum absolute atomic E-state index is 12.9. The maximum atomic E-state index is 12.9. The first kappa shape index (κ1) is 15.8. The highest BCUT2D eigenvalue weighted by Gasteiger charge is 2.17. The maximum Gasteiger partial charge on any atom is 0.267 e.